The number of amides is 1. The largest absolute Gasteiger partial charge is 0.481 e. The van der Waals surface area contributed by atoms with Gasteiger partial charge in [-0.3, -0.25) is 9.59 Å². The van der Waals surface area contributed by atoms with Gasteiger partial charge < -0.3 is 10.4 Å². The summed E-state index contributed by atoms with van der Waals surface area (Å²) < 4.78 is 0. The normalized spacial score (nSPS) is 16.2. The summed E-state index contributed by atoms with van der Waals surface area (Å²) >= 11 is 0. The molecule has 1 aromatic rings. The van der Waals surface area contributed by atoms with E-state index in [0.29, 0.717) is 5.56 Å². The molecule has 4 heteroatoms. The van der Waals surface area contributed by atoms with Crippen LogP contribution in [0.1, 0.15) is 24.3 Å². The van der Waals surface area contributed by atoms with Gasteiger partial charge in [0.25, 0.3) is 0 Å². The summed E-state index contributed by atoms with van der Waals surface area (Å²) in [5, 5.41) is 12.0. The average Bonchev–Trinajstić information content (AvgIpc) is 2.93. The number of hydrogen-bond acceptors (Lipinski definition) is 2. The standard InChI is InChI=1S/C15H17NO3/c17-14(12-8-4-5-9-12)16-10-13(15(18)19)11-6-2-1-3-7-11/h1-7,12-13H,8-10H2,(H,16,17)(H,18,19). The molecule has 1 atom stereocenters. The highest BCUT2D eigenvalue weighted by Gasteiger charge is 2.23. The Labute approximate surface area is 112 Å². The van der Waals surface area contributed by atoms with E-state index in [4.69, 9.17) is 0 Å². The molecule has 0 heterocycles. The maximum Gasteiger partial charge on any atom is 0.312 e. The molecule has 0 fully saturated rings. The third kappa shape index (κ3) is 3.44. The van der Waals surface area contributed by atoms with Crippen LogP contribution in [0, 0.1) is 5.92 Å². The molecule has 0 radical (unpaired) electrons. The first-order valence-electron chi connectivity index (χ1n) is 6.39. The zero-order valence-electron chi connectivity index (χ0n) is 10.6. The van der Waals surface area contributed by atoms with Gasteiger partial charge in [0.1, 0.15) is 0 Å². The predicted molar refractivity (Wildman–Crippen MR) is 71.7 cm³/mol. The SMILES string of the molecule is O=C(NCC(C(=O)O)c1ccccc1)C1CC=CC1. The molecule has 1 aromatic carbocycles. The molecule has 1 aliphatic rings. The molecular weight excluding hydrogens is 242 g/mol. The molecule has 2 N–H and O–H groups in total. The van der Waals surface area contributed by atoms with Crippen molar-refractivity contribution in [2.45, 2.75) is 18.8 Å². The Balaban J connectivity index is 1.94. The van der Waals surface area contributed by atoms with Crippen molar-refractivity contribution < 1.29 is 14.7 Å². The Morgan fingerprint density at radius 2 is 1.84 bits per heavy atom. The van der Waals surface area contributed by atoms with Crippen LogP contribution in [0.2, 0.25) is 0 Å². The lowest BCUT2D eigenvalue weighted by molar-refractivity contribution is -0.138. The van der Waals surface area contributed by atoms with E-state index in [1.54, 1.807) is 24.3 Å². The molecule has 1 unspecified atom stereocenters. The number of carbonyl (C=O) groups is 2. The lowest BCUT2D eigenvalue weighted by Gasteiger charge is -2.16. The fourth-order valence-electron chi connectivity index (χ4n) is 2.21. The van der Waals surface area contributed by atoms with E-state index in [-0.39, 0.29) is 18.4 Å². The van der Waals surface area contributed by atoms with E-state index < -0.39 is 11.9 Å². The predicted octanol–water partition coefficient (Wildman–Crippen LogP) is 1.94. The lowest BCUT2D eigenvalue weighted by atomic mass is 9.98. The second kappa shape index (κ2) is 6.18. The van der Waals surface area contributed by atoms with E-state index in [9.17, 15) is 14.7 Å². The van der Waals surface area contributed by atoms with E-state index in [1.165, 1.54) is 0 Å². The Morgan fingerprint density at radius 1 is 1.21 bits per heavy atom. The summed E-state index contributed by atoms with van der Waals surface area (Å²) in [6.45, 7) is 0.134. The number of carboxylic acids is 1. The molecule has 4 nitrogen and oxygen atoms in total. The number of carboxylic acid groups (broad SMARTS) is 1. The van der Waals surface area contributed by atoms with Crippen LogP contribution < -0.4 is 5.32 Å². The first-order chi connectivity index (χ1) is 9.18. The monoisotopic (exact) mass is 259 g/mol. The van der Waals surface area contributed by atoms with Crippen molar-refractivity contribution in [1.29, 1.82) is 0 Å². The fraction of sp³-hybridized carbons (Fsp3) is 0.333. The molecule has 1 amide bonds. The van der Waals surface area contributed by atoms with Gasteiger partial charge in [0.2, 0.25) is 5.91 Å². The molecular formula is C15H17NO3. The Bertz CT molecular complexity index is 473. The van der Waals surface area contributed by atoms with Crippen LogP contribution in [-0.2, 0) is 9.59 Å². The van der Waals surface area contributed by atoms with Crippen LogP contribution in [0.25, 0.3) is 0 Å². The fourth-order valence-corrected chi connectivity index (χ4v) is 2.21. The summed E-state index contributed by atoms with van der Waals surface area (Å²) in [7, 11) is 0. The molecule has 100 valence electrons. The quantitative estimate of drug-likeness (QED) is 0.794. The highest BCUT2D eigenvalue weighted by Crippen LogP contribution is 2.19. The van der Waals surface area contributed by atoms with Gasteiger partial charge in [0.15, 0.2) is 0 Å². The van der Waals surface area contributed by atoms with Gasteiger partial charge in [0.05, 0.1) is 5.92 Å². The maximum absolute atomic E-state index is 11.9. The molecule has 0 aliphatic heterocycles. The van der Waals surface area contributed by atoms with Crippen molar-refractivity contribution in [2.24, 2.45) is 5.92 Å². The van der Waals surface area contributed by atoms with Gasteiger partial charge in [-0.05, 0) is 18.4 Å². The summed E-state index contributed by atoms with van der Waals surface area (Å²) in [6, 6.07) is 8.97. The van der Waals surface area contributed by atoms with Gasteiger partial charge in [-0.25, -0.2) is 0 Å². The van der Waals surface area contributed by atoms with E-state index in [1.807, 2.05) is 18.2 Å². The zero-order valence-corrected chi connectivity index (χ0v) is 10.6. The lowest BCUT2D eigenvalue weighted by Crippen LogP contribution is -2.35. The van der Waals surface area contributed by atoms with Crippen LogP contribution in [0.4, 0.5) is 0 Å². The molecule has 19 heavy (non-hydrogen) atoms. The number of aliphatic carboxylic acids is 1. The van der Waals surface area contributed by atoms with Gasteiger partial charge in [-0.1, -0.05) is 42.5 Å². The van der Waals surface area contributed by atoms with E-state index >= 15 is 0 Å². The Kier molecular flexibility index (Phi) is 4.34. The van der Waals surface area contributed by atoms with Crippen molar-refractivity contribution >= 4 is 11.9 Å². The van der Waals surface area contributed by atoms with E-state index in [2.05, 4.69) is 5.32 Å². The molecule has 1 aliphatic carbocycles. The highest BCUT2D eigenvalue weighted by molar-refractivity contribution is 5.81. The summed E-state index contributed by atoms with van der Waals surface area (Å²) in [4.78, 5) is 23.1. The van der Waals surface area contributed by atoms with Crippen molar-refractivity contribution in [2.75, 3.05) is 6.54 Å². The third-order valence-corrected chi connectivity index (χ3v) is 3.36. The number of carbonyl (C=O) groups excluding carboxylic acids is 1. The molecule has 0 aromatic heterocycles. The minimum Gasteiger partial charge on any atom is -0.481 e. The van der Waals surface area contributed by atoms with Crippen LogP contribution in [0.15, 0.2) is 42.5 Å². The maximum atomic E-state index is 11.9. The highest BCUT2D eigenvalue weighted by atomic mass is 16.4. The van der Waals surface area contributed by atoms with Crippen LogP contribution in [0.3, 0.4) is 0 Å². The van der Waals surface area contributed by atoms with Gasteiger partial charge in [-0.2, -0.15) is 0 Å². The number of nitrogens with one attached hydrogen (secondary N) is 1. The van der Waals surface area contributed by atoms with Crippen molar-refractivity contribution in [3.8, 4) is 0 Å². The summed E-state index contributed by atoms with van der Waals surface area (Å²) in [6.07, 6.45) is 5.45. The number of hydrogen-bond donors (Lipinski definition) is 2. The second-order valence-electron chi connectivity index (χ2n) is 4.69. The average molecular weight is 259 g/mol. The summed E-state index contributed by atoms with van der Waals surface area (Å²) in [5.74, 6) is -1.71. The van der Waals surface area contributed by atoms with Crippen molar-refractivity contribution in [1.82, 2.24) is 5.32 Å². The Hall–Kier alpha value is -2.10. The zero-order chi connectivity index (χ0) is 13.7. The van der Waals surface area contributed by atoms with Crippen molar-refractivity contribution in [3.63, 3.8) is 0 Å². The minimum absolute atomic E-state index is 0.0368. The van der Waals surface area contributed by atoms with Gasteiger partial charge in [0, 0.05) is 12.5 Å². The third-order valence-electron chi connectivity index (χ3n) is 3.36. The second-order valence-corrected chi connectivity index (χ2v) is 4.69. The number of allylic oxidation sites excluding steroid dienone is 2. The molecule has 0 spiro atoms. The molecule has 0 saturated heterocycles. The van der Waals surface area contributed by atoms with Gasteiger partial charge in [-0.15, -0.1) is 0 Å². The molecule has 0 saturated carbocycles. The molecule has 0 bridgehead atoms. The first-order valence-corrected chi connectivity index (χ1v) is 6.39. The van der Waals surface area contributed by atoms with Gasteiger partial charge >= 0.3 is 5.97 Å². The molecule has 2 rings (SSSR count). The first kappa shape index (κ1) is 13.3. The van der Waals surface area contributed by atoms with Crippen molar-refractivity contribution in [3.05, 3.63) is 48.0 Å². The van der Waals surface area contributed by atoms with Crippen LogP contribution in [-0.4, -0.2) is 23.5 Å². The number of rotatable bonds is 5. The minimum atomic E-state index is -0.920. The van der Waals surface area contributed by atoms with Crippen LogP contribution >= 0.6 is 0 Å². The topological polar surface area (TPSA) is 66.4 Å². The Morgan fingerprint density at radius 3 is 2.42 bits per heavy atom. The smallest absolute Gasteiger partial charge is 0.312 e. The van der Waals surface area contributed by atoms with E-state index in [0.717, 1.165) is 12.8 Å². The van der Waals surface area contributed by atoms with Crippen LogP contribution in [0.5, 0.6) is 0 Å². The summed E-state index contributed by atoms with van der Waals surface area (Å²) in [5.41, 5.74) is 0.708. The number of benzene rings is 1.